The highest BCUT2D eigenvalue weighted by Crippen LogP contribution is 2.71. The van der Waals surface area contributed by atoms with Crippen LogP contribution in [0.2, 0.25) is 0 Å². The van der Waals surface area contributed by atoms with Crippen molar-refractivity contribution in [3.8, 4) is 0 Å². The van der Waals surface area contributed by atoms with Gasteiger partial charge in [-0.15, -0.1) is 0 Å². The summed E-state index contributed by atoms with van der Waals surface area (Å²) in [4.78, 5) is 10.2. The predicted molar refractivity (Wildman–Crippen MR) is 29.2 cm³/mol. The molecule has 0 aromatic rings. The second-order valence-corrected chi connectivity index (χ2v) is 3.63. The largest absolute Gasteiger partial charge is 0.652 e. The molecule has 2 saturated heterocycles. The first-order valence-electron chi connectivity index (χ1n) is 2.97. The second-order valence-electron chi connectivity index (χ2n) is 2.19. The van der Waals surface area contributed by atoms with Gasteiger partial charge in [0, 0.05) is 0 Å². The number of carbonyl (C=O) groups is 1. The first kappa shape index (κ1) is 6.19. The minimum Gasteiger partial charge on any atom is -0.385 e. The van der Waals surface area contributed by atoms with E-state index in [2.05, 4.69) is 23.0 Å². The number of hydrogen-bond acceptors (Lipinski definition) is 7. The molecule has 4 aliphatic heterocycles. The Morgan fingerprint density at radius 1 is 1.17 bits per heavy atom. The van der Waals surface area contributed by atoms with Gasteiger partial charge in [-0.1, -0.05) is 0 Å². The minimum absolute atomic E-state index is 0.0259. The van der Waals surface area contributed by atoms with Gasteiger partial charge < -0.3 is 23.0 Å². The molecule has 0 aliphatic carbocycles. The predicted octanol–water partition coefficient (Wildman–Crippen LogP) is 0.833. The summed E-state index contributed by atoms with van der Waals surface area (Å²) in [5, 5.41) is 0. The van der Waals surface area contributed by atoms with Gasteiger partial charge in [-0.2, -0.15) is 4.57 Å². The maximum Gasteiger partial charge on any atom is 0.652 e. The average Bonchev–Trinajstić information content (AvgIpc) is 2.33. The van der Waals surface area contributed by atoms with E-state index in [9.17, 15) is 9.36 Å². The van der Waals surface area contributed by atoms with Crippen molar-refractivity contribution in [3.05, 3.63) is 11.7 Å². The van der Waals surface area contributed by atoms with E-state index in [-0.39, 0.29) is 11.7 Å². The third-order valence-electron chi connectivity index (χ3n) is 1.42. The molecule has 4 heterocycles. The molecule has 8 heteroatoms. The number of rotatable bonds is 1. The summed E-state index contributed by atoms with van der Waals surface area (Å²) in [7, 11) is -3.35. The lowest BCUT2D eigenvalue weighted by Gasteiger charge is -2.22. The third-order valence-corrected chi connectivity index (χ3v) is 2.62. The summed E-state index contributed by atoms with van der Waals surface area (Å²) in [6.07, 6.45) is -1.77. The van der Waals surface area contributed by atoms with Crippen LogP contribution in [-0.4, -0.2) is 12.4 Å². The van der Waals surface area contributed by atoms with E-state index in [0.29, 0.717) is 0 Å². The van der Waals surface area contributed by atoms with Crippen LogP contribution in [0.1, 0.15) is 0 Å². The summed E-state index contributed by atoms with van der Waals surface area (Å²) in [5.74, 6) is -0.00577. The molecule has 0 saturated carbocycles. The lowest BCUT2D eigenvalue weighted by atomic mass is 10.5. The van der Waals surface area contributed by atoms with E-state index < -0.39 is 20.3 Å². The summed E-state index contributed by atoms with van der Waals surface area (Å²) >= 11 is 0. The molecule has 0 radical (unpaired) electrons. The Labute approximate surface area is 65.4 Å². The van der Waals surface area contributed by atoms with Gasteiger partial charge >= 0.3 is 26.2 Å². The maximum absolute atomic E-state index is 10.9. The van der Waals surface area contributed by atoms with Crippen LogP contribution >= 0.6 is 7.82 Å². The van der Waals surface area contributed by atoms with Gasteiger partial charge in [-0.25, -0.2) is 4.79 Å². The van der Waals surface area contributed by atoms with Gasteiger partial charge in [0.15, 0.2) is 0 Å². The normalized spacial score (nSPS) is 28.5. The number of fused-ring (bicyclic) bond motifs is 1. The Kier molecular flexibility index (Phi) is 0.793. The first-order chi connectivity index (χ1) is 5.66. The molecule has 0 aromatic heterocycles. The maximum atomic E-state index is 10.9. The van der Waals surface area contributed by atoms with Gasteiger partial charge in [0.25, 0.3) is 5.76 Å². The van der Waals surface area contributed by atoms with Crippen molar-refractivity contribution in [1.82, 2.24) is 0 Å². The highest BCUT2D eigenvalue weighted by Gasteiger charge is 2.61. The van der Waals surface area contributed by atoms with Crippen LogP contribution in [0.5, 0.6) is 0 Å². The second kappa shape index (κ2) is 1.54. The number of hydrogen-bond donors (Lipinski definition) is 0. The fourth-order valence-electron chi connectivity index (χ4n) is 0.925. The minimum atomic E-state index is -3.35. The molecule has 4 aliphatic rings. The average molecular weight is 192 g/mol. The summed E-state index contributed by atoms with van der Waals surface area (Å²) < 4.78 is 33.6. The Hall–Kier alpha value is -1.36. The zero-order chi connectivity index (χ0) is 8.34. The number of cyclic esters (lactones) is 2. The smallest absolute Gasteiger partial charge is 0.385 e. The molecule has 2 bridgehead atoms. The van der Waals surface area contributed by atoms with Crippen molar-refractivity contribution in [2.45, 2.75) is 6.29 Å². The summed E-state index contributed by atoms with van der Waals surface area (Å²) in [6.45, 7) is 0. The first-order valence-corrected chi connectivity index (χ1v) is 4.43. The fraction of sp³-hybridized carbons (Fsp3) is 0.250. The van der Waals surface area contributed by atoms with E-state index in [4.69, 9.17) is 0 Å². The molecule has 7 nitrogen and oxygen atoms in total. The van der Waals surface area contributed by atoms with Gasteiger partial charge in [0.05, 0.1) is 0 Å². The zero-order valence-electron chi connectivity index (χ0n) is 5.38. The molecule has 0 spiro atoms. The van der Waals surface area contributed by atoms with E-state index in [1.165, 1.54) is 0 Å². The summed E-state index contributed by atoms with van der Waals surface area (Å²) in [5.41, 5.74) is 0. The topological polar surface area (TPSA) is 80.3 Å². The quantitative estimate of drug-likeness (QED) is 0.449. The van der Waals surface area contributed by atoms with Crippen molar-refractivity contribution >= 4 is 14.0 Å². The molecule has 0 atom stereocenters. The Morgan fingerprint density at radius 3 is 2.25 bits per heavy atom. The molecule has 64 valence electrons. The molecule has 2 fully saturated rings. The van der Waals surface area contributed by atoms with Crippen LogP contribution in [0, 0.1) is 0 Å². The van der Waals surface area contributed by atoms with Gasteiger partial charge in [-0.05, 0) is 0 Å². The van der Waals surface area contributed by atoms with E-state index >= 15 is 0 Å². The van der Waals surface area contributed by atoms with Crippen LogP contribution in [-0.2, 0) is 27.6 Å². The fourth-order valence-corrected chi connectivity index (χ4v) is 2.00. The Balaban J connectivity index is 1.84. The lowest BCUT2D eigenvalue weighted by molar-refractivity contribution is -0.172. The highest BCUT2D eigenvalue weighted by molar-refractivity contribution is 7.50. The number of carbonyl (C=O) groups excluding carboxylic acids is 1. The van der Waals surface area contributed by atoms with Crippen LogP contribution in [0.4, 0.5) is 4.79 Å². The number of ether oxygens (including phenoxy) is 2. The molecule has 0 amide bonds. The van der Waals surface area contributed by atoms with Crippen molar-refractivity contribution < 1.29 is 32.4 Å². The van der Waals surface area contributed by atoms with Crippen LogP contribution < -0.4 is 0 Å². The van der Waals surface area contributed by atoms with Gasteiger partial charge in [0.2, 0.25) is 0 Å². The zero-order valence-corrected chi connectivity index (χ0v) is 6.28. The molecular formula is C4HO7P. The van der Waals surface area contributed by atoms with E-state index in [1.54, 1.807) is 0 Å². The van der Waals surface area contributed by atoms with Crippen molar-refractivity contribution in [3.63, 3.8) is 0 Å². The summed E-state index contributed by atoms with van der Waals surface area (Å²) in [6, 6.07) is 0. The highest BCUT2D eigenvalue weighted by atomic mass is 31.2. The number of phosphoric ester groups is 1. The monoisotopic (exact) mass is 192 g/mol. The van der Waals surface area contributed by atoms with Gasteiger partial charge in [-0.3, -0.25) is 0 Å². The lowest BCUT2D eigenvalue weighted by Crippen LogP contribution is -2.36. The standard InChI is InChI=1S/C4HO7P/c5-4-7-2(8-4)1-3-10-12(6,9-1)11-3/h2H. The van der Waals surface area contributed by atoms with Crippen molar-refractivity contribution in [2.75, 3.05) is 0 Å². The van der Waals surface area contributed by atoms with Crippen LogP contribution in [0.3, 0.4) is 0 Å². The molecule has 4 rings (SSSR count). The Morgan fingerprint density at radius 2 is 1.83 bits per heavy atom. The van der Waals surface area contributed by atoms with Crippen LogP contribution in [0.25, 0.3) is 0 Å². The third kappa shape index (κ3) is 0.574. The molecular weight excluding hydrogens is 191 g/mol. The van der Waals surface area contributed by atoms with E-state index in [1.807, 2.05) is 0 Å². The molecule has 0 aromatic carbocycles. The SMILES string of the molecule is O=C1OC(C2=C3OP(=O)(O3)O2)O1. The Bertz CT molecular complexity index is 336. The van der Waals surface area contributed by atoms with Crippen molar-refractivity contribution in [2.24, 2.45) is 0 Å². The van der Waals surface area contributed by atoms with E-state index in [0.717, 1.165) is 0 Å². The molecule has 0 unspecified atom stereocenters. The molecule has 0 N–H and O–H groups in total. The van der Waals surface area contributed by atoms with Crippen LogP contribution in [0.15, 0.2) is 11.7 Å². The van der Waals surface area contributed by atoms with Gasteiger partial charge in [0.1, 0.15) is 0 Å². The number of phosphoric acid groups is 1. The molecule has 12 heavy (non-hydrogen) atoms. The van der Waals surface area contributed by atoms with Crippen molar-refractivity contribution in [1.29, 1.82) is 0 Å².